The molecule has 0 spiro atoms. The number of rotatable bonds is 4. The average Bonchev–Trinajstić information content (AvgIpc) is 2.84. The van der Waals surface area contributed by atoms with Gasteiger partial charge in [0, 0.05) is 24.6 Å². The van der Waals surface area contributed by atoms with Crippen molar-refractivity contribution in [2.45, 2.75) is 54.4 Å². The number of Topliss-reactive ketones (excluding diaryl/α,β-unsaturated/α-hetero) is 1. The monoisotopic (exact) mass is 505 g/mol. The first-order valence-electron chi connectivity index (χ1n) is 13.3. The number of carbonyl (C=O) groups excluding carboxylic acids is 1. The van der Waals surface area contributed by atoms with Crippen molar-refractivity contribution >= 4 is 19.0 Å². The third-order valence-electron chi connectivity index (χ3n) is 7.60. The maximum Gasteiger partial charge on any atom is 0.133 e. The van der Waals surface area contributed by atoms with E-state index >= 15 is 0 Å². The van der Waals surface area contributed by atoms with Crippen LogP contribution in [0.25, 0.3) is 33.5 Å². The second-order valence-corrected chi connectivity index (χ2v) is 13.1. The number of carbonyl (C=O) groups is 1. The predicted molar refractivity (Wildman–Crippen MR) is 159 cm³/mol. The predicted octanol–water partition coefficient (Wildman–Crippen LogP) is 8.40. The standard InChI is InChI=1S/C34H36NOP/c1-21-15-23(3)32(24(4)16-21)29-19-27(31-9-7-8-12-35-31)20-30(33-25(5)17-22(2)18-26(33)6)34(29)37-13-10-28(36)11-14-37/h7-9,12,15-20H,10-11,13-14H2,1-6H3. The number of aryl methyl sites for hydroxylation is 6. The van der Waals surface area contributed by atoms with Gasteiger partial charge in [-0.2, -0.15) is 0 Å². The van der Waals surface area contributed by atoms with Crippen molar-refractivity contribution in [3.63, 3.8) is 0 Å². The second kappa shape index (κ2) is 10.3. The largest absolute Gasteiger partial charge is 0.300 e. The van der Waals surface area contributed by atoms with Gasteiger partial charge in [-0.1, -0.05) is 49.4 Å². The van der Waals surface area contributed by atoms with Gasteiger partial charge in [0.2, 0.25) is 0 Å². The minimum Gasteiger partial charge on any atom is -0.300 e. The average molecular weight is 506 g/mol. The van der Waals surface area contributed by atoms with Crippen molar-refractivity contribution in [3.8, 4) is 33.5 Å². The van der Waals surface area contributed by atoms with E-state index in [-0.39, 0.29) is 0 Å². The minimum absolute atomic E-state index is 0.414. The van der Waals surface area contributed by atoms with E-state index in [9.17, 15) is 4.79 Å². The van der Waals surface area contributed by atoms with Crippen molar-refractivity contribution in [1.82, 2.24) is 4.98 Å². The number of ketones is 1. The molecule has 3 aromatic carbocycles. The summed E-state index contributed by atoms with van der Waals surface area (Å²) >= 11 is 0. The van der Waals surface area contributed by atoms with Gasteiger partial charge in [-0.3, -0.25) is 9.78 Å². The van der Waals surface area contributed by atoms with Crippen LogP contribution < -0.4 is 5.30 Å². The van der Waals surface area contributed by atoms with Gasteiger partial charge >= 0.3 is 0 Å². The molecule has 1 aliphatic rings. The summed E-state index contributed by atoms with van der Waals surface area (Å²) in [6, 6.07) is 20.1. The molecule has 2 heterocycles. The van der Waals surface area contributed by atoms with E-state index in [0.717, 1.165) is 23.6 Å². The molecule has 1 saturated heterocycles. The Balaban J connectivity index is 1.91. The molecule has 0 bridgehead atoms. The van der Waals surface area contributed by atoms with Crippen LogP contribution in [0.1, 0.15) is 46.2 Å². The molecule has 1 fully saturated rings. The molecule has 0 N–H and O–H groups in total. The number of nitrogens with zero attached hydrogens (tertiary/aromatic N) is 1. The van der Waals surface area contributed by atoms with Crippen LogP contribution in [-0.2, 0) is 4.79 Å². The van der Waals surface area contributed by atoms with Crippen molar-refractivity contribution in [2.75, 3.05) is 12.3 Å². The van der Waals surface area contributed by atoms with E-state index in [4.69, 9.17) is 4.98 Å². The molecular formula is C34H36NOP. The Morgan fingerprint density at radius 2 is 1.16 bits per heavy atom. The summed E-state index contributed by atoms with van der Waals surface area (Å²) in [4.78, 5) is 17.0. The van der Waals surface area contributed by atoms with Crippen LogP contribution in [-0.4, -0.2) is 23.1 Å². The molecule has 5 rings (SSSR count). The molecule has 0 amide bonds. The quantitative estimate of drug-likeness (QED) is 0.261. The number of aromatic nitrogens is 1. The highest BCUT2D eigenvalue weighted by atomic mass is 31.1. The Morgan fingerprint density at radius 3 is 1.59 bits per heavy atom. The van der Waals surface area contributed by atoms with Crippen LogP contribution in [0.15, 0.2) is 60.8 Å². The topological polar surface area (TPSA) is 30.0 Å². The maximum absolute atomic E-state index is 12.3. The van der Waals surface area contributed by atoms with Crippen molar-refractivity contribution in [3.05, 3.63) is 94.2 Å². The first-order chi connectivity index (χ1) is 17.7. The highest BCUT2D eigenvalue weighted by Crippen LogP contribution is 2.48. The molecule has 3 heteroatoms. The molecule has 0 radical (unpaired) electrons. The first-order valence-corrected chi connectivity index (χ1v) is 15.0. The van der Waals surface area contributed by atoms with Crippen LogP contribution in [0.3, 0.4) is 0 Å². The molecule has 4 aromatic rings. The highest BCUT2D eigenvalue weighted by molar-refractivity contribution is 7.66. The summed E-state index contributed by atoms with van der Waals surface area (Å²) in [6.45, 7) is 13.3. The Kier molecular flexibility index (Phi) is 7.15. The molecule has 1 aliphatic heterocycles. The lowest BCUT2D eigenvalue weighted by Gasteiger charge is -2.30. The normalized spacial score (nSPS) is 14.3. The van der Waals surface area contributed by atoms with Crippen molar-refractivity contribution in [1.29, 1.82) is 0 Å². The van der Waals surface area contributed by atoms with Crippen LogP contribution in [0.4, 0.5) is 0 Å². The first kappa shape index (κ1) is 25.6. The summed E-state index contributed by atoms with van der Waals surface area (Å²) in [5, 5.41) is 1.47. The third-order valence-corrected chi connectivity index (χ3v) is 10.2. The van der Waals surface area contributed by atoms with Crippen LogP contribution in [0.5, 0.6) is 0 Å². The van der Waals surface area contributed by atoms with E-state index in [1.54, 1.807) is 0 Å². The SMILES string of the molecule is Cc1cc(C)c(-c2cc(-c3ccccn3)cc(-c3c(C)cc(C)cc3C)c2P2CCC(=O)CC2)c(C)c1. The van der Waals surface area contributed by atoms with E-state index in [1.165, 1.54) is 60.9 Å². The zero-order chi connectivity index (χ0) is 26.3. The van der Waals surface area contributed by atoms with E-state index < -0.39 is 7.92 Å². The molecule has 0 saturated carbocycles. The molecule has 0 atom stereocenters. The zero-order valence-electron chi connectivity index (χ0n) is 22.9. The summed E-state index contributed by atoms with van der Waals surface area (Å²) in [5.74, 6) is 0.414. The maximum atomic E-state index is 12.3. The second-order valence-electron chi connectivity index (χ2n) is 10.7. The Labute approximate surface area is 222 Å². The van der Waals surface area contributed by atoms with Gasteiger partial charge in [0.15, 0.2) is 0 Å². The third kappa shape index (κ3) is 5.05. The van der Waals surface area contributed by atoms with Gasteiger partial charge in [0.1, 0.15) is 5.78 Å². The van der Waals surface area contributed by atoms with Gasteiger partial charge in [-0.05, 0) is 128 Å². The molecule has 0 aliphatic carbocycles. The fourth-order valence-electron chi connectivity index (χ4n) is 6.23. The zero-order valence-corrected chi connectivity index (χ0v) is 23.8. The van der Waals surface area contributed by atoms with Gasteiger partial charge < -0.3 is 0 Å². The van der Waals surface area contributed by atoms with Crippen molar-refractivity contribution < 1.29 is 4.79 Å². The van der Waals surface area contributed by atoms with E-state index in [1.807, 2.05) is 12.3 Å². The number of pyridine rings is 1. The van der Waals surface area contributed by atoms with Crippen LogP contribution >= 0.6 is 7.92 Å². The number of benzene rings is 3. The van der Waals surface area contributed by atoms with Gasteiger partial charge in [0.05, 0.1) is 5.69 Å². The summed E-state index contributed by atoms with van der Waals surface area (Å²) in [7, 11) is -0.470. The lowest BCUT2D eigenvalue weighted by molar-refractivity contribution is -0.118. The number of hydrogen-bond acceptors (Lipinski definition) is 2. The van der Waals surface area contributed by atoms with E-state index in [0.29, 0.717) is 18.6 Å². The minimum atomic E-state index is -0.470. The molecular weight excluding hydrogens is 469 g/mol. The molecule has 37 heavy (non-hydrogen) atoms. The van der Waals surface area contributed by atoms with E-state index in [2.05, 4.69) is 90.1 Å². The molecule has 1 aromatic heterocycles. The molecule has 0 unspecified atom stereocenters. The van der Waals surface area contributed by atoms with Crippen LogP contribution in [0.2, 0.25) is 0 Å². The van der Waals surface area contributed by atoms with Gasteiger partial charge in [-0.25, -0.2) is 0 Å². The summed E-state index contributed by atoms with van der Waals surface area (Å²) in [5.41, 5.74) is 15.3. The number of hydrogen-bond donors (Lipinski definition) is 0. The highest BCUT2D eigenvalue weighted by Gasteiger charge is 2.28. The smallest absolute Gasteiger partial charge is 0.133 e. The van der Waals surface area contributed by atoms with Crippen molar-refractivity contribution in [2.24, 2.45) is 0 Å². The lowest BCUT2D eigenvalue weighted by Crippen LogP contribution is -2.21. The Bertz CT molecular complexity index is 1370. The van der Waals surface area contributed by atoms with Crippen LogP contribution in [0, 0.1) is 41.5 Å². The lowest BCUT2D eigenvalue weighted by atomic mass is 9.87. The summed E-state index contributed by atoms with van der Waals surface area (Å²) < 4.78 is 0. The molecule has 188 valence electrons. The Hall–Kier alpha value is -3.09. The molecule has 2 nitrogen and oxygen atoms in total. The fraction of sp³-hybridized carbons (Fsp3) is 0.294. The fourth-order valence-corrected chi connectivity index (χ4v) is 8.97. The summed E-state index contributed by atoms with van der Waals surface area (Å²) in [6.07, 6.45) is 5.23. The van der Waals surface area contributed by atoms with Gasteiger partial charge in [0.25, 0.3) is 0 Å². The Morgan fingerprint density at radius 1 is 0.676 bits per heavy atom. The van der Waals surface area contributed by atoms with Gasteiger partial charge in [-0.15, -0.1) is 0 Å².